The molecule has 1 saturated heterocycles. The first-order valence-electron chi connectivity index (χ1n) is 5.00. The highest BCUT2D eigenvalue weighted by molar-refractivity contribution is 7.92. The molecule has 1 aromatic heterocycles. The van der Waals surface area contributed by atoms with Gasteiger partial charge in [0.1, 0.15) is 5.82 Å². The molecule has 15 heavy (non-hydrogen) atoms. The van der Waals surface area contributed by atoms with Crippen molar-refractivity contribution >= 4 is 15.8 Å². The normalized spacial score (nSPS) is 21.7. The van der Waals surface area contributed by atoms with Crippen molar-refractivity contribution in [2.24, 2.45) is 5.92 Å². The van der Waals surface area contributed by atoms with Gasteiger partial charge in [0.2, 0.25) is 10.0 Å². The van der Waals surface area contributed by atoms with Gasteiger partial charge in [-0.2, -0.15) is 0 Å². The van der Waals surface area contributed by atoms with E-state index in [0.717, 1.165) is 19.5 Å². The van der Waals surface area contributed by atoms with E-state index in [1.165, 1.54) is 0 Å². The van der Waals surface area contributed by atoms with Crippen LogP contribution in [0.5, 0.6) is 0 Å². The molecule has 0 radical (unpaired) electrons. The summed E-state index contributed by atoms with van der Waals surface area (Å²) in [5.41, 5.74) is 0. The van der Waals surface area contributed by atoms with E-state index in [0.29, 0.717) is 5.82 Å². The third kappa shape index (κ3) is 2.97. The first kappa shape index (κ1) is 10.5. The summed E-state index contributed by atoms with van der Waals surface area (Å²) >= 11 is 0. The SMILES string of the molecule is O=S(=O)(CC1CCNC1)Nc1ccc[nH]1. The number of nitrogens with one attached hydrogen (secondary N) is 3. The van der Waals surface area contributed by atoms with E-state index in [1.807, 2.05) is 0 Å². The zero-order valence-electron chi connectivity index (χ0n) is 8.36. The van der Waals surface area contributed by atoms with E-state index in [9.17, 15) is 8.42 Å². The quantitative estimate of drug-likeness (QED) is 0.698. The summed E-state index contributed by atoms with van der Waals surface area (Å²) in [6.07, 6.45) is 2.63. The number of aromatic nitrogens is 1. The van der Waals surface area contributed by atoms with Gasteiger partial charge >= 0.3 is 0 Å². The lowest BCUT2D eigenvalue weighted by Gasteiger charge is -2.10. The monoisotopic (exact) mass is 229 g/mol. The van der Waals surface area contributed by atoms with Gasteiger partial charge in [-0.05, 0) is 37.6 Å². The largest absolute Gasteiger partial charge is 0.348 e. The van der Waals surface area contributed by atoms with Crippen LogP contribution < -0.4 is 10.0 Å². The van der Waals surface area contributed by atoms with Crippen molar-refractivity contribution < 1.29 is 8.42 Å². The average molecular weight is 229 g/mol. The van der Waals surface area contributed by atoms with Crippen molar-refractivity contribution in [1.82, 2.24) is 10.3 Å². The number of anilines is 1. The zero-order chi connectivity index (χ0) is 10.7. The Morgan fingerprint density at radius 1 is 1.53 bits per heavy atom. The molecular formula is C9H15N3O2S. The average Bonchev–Trinajstić information content (AvgIpc) is 2.75. The first-order valence-corrected chi connectivity index (χ1v) is 6.65. The zero-order valence-corrected chi connectivity index (χ0v) is 9.18. The van der Waals surface area contributed by atoms with Crippen molar-refractivity contribution in [3.05, 3.63) is 18.3 Å². The molecule has 1 atom stereocenters. The summed E-state index contributed by atoms with van der Waals surface area (Å²) in [5.74, 6) is 0.956. The molecule has 1 aliphatic heterocycles. The maximum Gasteiger partial charge on any atom is 0.234 e. The molecule has 0 bridgehead atoms. The highest BCUT2D eigenvalue weighted by atomic mass is 32.2. The van der Waals surface area contributed by atoms with Crippen LogP contribution in [0.25, 0.3) is 0 Å². The molecule has 2 heterocycles. The van der Waals surface area contributed by atoms with Gasteiger partial charge in [0.25, 0.3) is 0 Å². The maximum atomic E-state index is 11.7. The second kappa shape index (κ2) is 4.24. The molecule has 1 unspecified atom stereocenters. The predicted molar refractivity (Wildman–Crippen MR) is 59.2 cm³/mol. The van der Waals surface area contributed by atoms with Crippen molar-refractivity contribution in [2.45, 2.75) is 6.42 Å². The van der Waals surface area contributed by atoms with Crippen molar-refractivity contribution in [3.8, 4) is 0 Å². The van der Waals surface area contributed by atoms with Crippen LogP contribution in [0.1, 0.15) is 6.42 Å². The molecule has 6 heteroatoms. The highest BCUT2D eigenvalue weighted by Gasteiger charge is 2.22. The lowest BCUT2D eigenvalue weighted by Crippen LogP contribution is -2.24. The number of sulfonamides is 1. The van der Waals surface area contributed by atoms with E-state index >= 15 is 0 Å². The Hall–Kier alpha value is -1.01. The predicted octanol–water partition coefficient (Wildman–Crippen LogP) is 0.366. The van der Waals surface area contributed by atoms with Crippen LogP contribution >= 0.6 is 0 Å². The van der Waals surface area contributed by atoms with Crippen LogP contribution in [0.15, 0.2) is 18.3 Å². The fourth-order valence-corrected chi connectivity index (χ4v) is 3.22. The summed E-state index contributed by atoms with van der Waals surface area (Å²) < 4.78 is 25.9. The molecule has 84 valence electrons. The van der Waals surface area contributed by atoms with Crippen LogP contribution in [0.4, 0.5) is 5.82 Å². The molecule has 1 aromatic rings. The Morgan fingerprint density at radius 2 is 2.40 bits per heavy atom. The van der Waals surface area contributed by atoms with Crippen molar-refractivity contribution in [3.63, 3.8) is 0 Å². The molecule has 1 aliphatic rings. The van der Waals surface area contributed by atoms with E-state index in [1.54, 1.807) is 18.3 Å². The Kier molecular flexibility index (Phi) is 2.97. The van der Waals surface area contributed by atoms with Crippen LogP contribution in [-0.4, -0.2) is 32.2 Å². The van der Waals surface area contributed by atoms with Gasteiger partial charge in [-0.3, -0.25) is 4.72 Å². The highest BCUT2D eigenvalue weighted by Crippen LogP contribution is 2.12. The molecule has 0 saturated carbocycles. The van der Waals surface area contributed by atoms with E-state index in [-0.39, 0.29) is 11.7 Å². The molecule has 0 amide bonds. The standard InChI is InChI=1S/C9H15N3O2S/c13-15(14,7-8-3-5-10-6-8)12-9-2-1-4-11-9/h1-2,4,8,10-12H,3,5-7H2. The lowest BCUT2D eigenvalue weighted by atomic mass is 10.2. The molecule has 1 fully saturated rings. The van der Waals surface area contributed by atoms with E-state index in [2.05, 4.69) is 15.0 Å². The van der Waals surface area contributed by atoms with Crippen LogP contribution in [0, 0.1) is 5.92 Å². The first-order chi connectivity index (χ1) is 7.16. The van der Waals surface area contributed by atoms with Gasteiger partial charge in [0.15, 0.2) is 0 Å². The van der Waals surface area contributed by atoms with Gasteiger partial charge in [0.05, 0.1) is 5.75 Å². The fraction of sp³-hybridized carbons (Fsp3) is 0.556. The molecular weight excluding hydrogens is 214 g/mol. The third-order valence-corrected chi connectivity index (χ3v) is 3.92. The van der Waals surface area contributed by atoms with Crippen LogP contribution in [0.3, 0.4) is 0 Å². The smallest absolute Gasteiger partial charge is 0.234 e. The number of hydrogen-bond donors (Lipinski definition) is 3. The lowest BCUT2D eigenvalue weighted by molar-refractivity contribution is 0.575. The Morgan fingerprint density at radius 3 is 3.00 bits per heavy atom. The summed E-state index contributed by atoms with van der Waals surface area (Å²) in [5, 5.41) is 3.15. The van der Waals surface area contributed by atoms with Crippen LogP contribution in [0.2, 0.25) is 0 Å². The summed E-state index contributed by atoms with van der Waals surface area (Å²) in [7, 11) is -3.21. The number of rotatable bonds is 4. The Labute approximate surface area is 89.3 Å². The number of aromatic amines is 1. The van der Waals surface area contributed by atoms with Crippen LogP contribution in [-0.2, 0) is 10.0 Å². The van der Waals surface area contributed by atoms with Gasteiger partial charge in [-0.15, -0.1) is 0 Å². The van der Waals surface area contributed by atoms with Gasteiger partial charge in [0, 0.05) is 6.20 Å². The third-order valence-electron chi connectivity index (χ3n) is 2.48. The minimum atomic E-state index is -3.21. The molecule has 0 spiro atoms. The summed E-state index contributed by atoms with van der Waals surface area (Å²) in [4.78, 5) is 2.81. The molecule has 0 aliphatic carbocycles. The summed E-state index contributed by atoms with van der Waals surface area (Å²) in [6.45, 7) is 1.72. The number of H-pyrrole nitrogens is 1. The Bertz CT molecular complexity index is 393. The summed E-state index contributed by atoms with van der Waals surface area (Å²) in [6, 6.07) is 3.46. The van der Waals surface area contributed by atoms with Gasteiger partial charge < -0.3 is 10.3 Å². The second-order valence-electron chi connectivity index (χ2n) is 3.83. The fourth-order valence-electron chi connectivity index (χ4n) is 1.77. The molecule has 3 N–H and O–H groups in total. The minimum Gasteiger partial charge on any atom is -0.348 e. The maximum absolute atomic E-state index is 11.7. The van der Waals surface area contributed by atoms with Crippen molar-refractivity contribution in [2.75, 3.05) is 23.6 Å². The minimum absolute atomic E-state index is 0.193. The van der Waals surface area contributed by atoms with Gasteiger partial charge in [-0.25, -0.2) is 8.42 Å². The van der Waals surface area contributed by atoms with Crippen molar-refractivity contribution in [1.29, 1.82) is 0 Å². The Balaban J connectivity index is 1.94. The topological polar surface area (TPSA) is 74.0 Å². The van der Waals surface area contributed by atoms with Gasteiger partial charge in [-0.1, -0.05) is 0 Å². The molecule has 5 nitrogen and oxygen atoms in total. The van der Waals surface area contributed by atoms with E-state index < -0.39 is 10.0 Å². The number of hydrogen-bond acceptors (Lipinski definition) is 3. The molecule has 2 rings (SSSR count). The van der Waals surface area contributed by atoms with E-state index in [4.69, 9.17) is 0 Å². The molecule has 0 aromatic carbocycles. The second-order valence-corrected chi connectivity index (χ2v) is 5.59.